The van der Waals surface area contributed by atoms with Gasteiger partial charge >= 0.3 is 0 Å². The number of nitrogens with two attached hydrogens (primary N) is 1. The lowest BCUT2D eigenvalue weighted by atomic mass is 9.98. The van der Waals surface area contributed by atoms with Gasteiger partial charge in [0.25, 0.3) is 11.8 Å². The van der Waals surface area contributed by atoms with Crippen LogP contribution in [0, 0.1) is 27.7 Å². The maximum atomic E-state index is 13.0. The van der Waals surface area contributed by atoms with Crippen molar-refractivity contribution in [3.05, 3.63) is 93.5 Å². The number of primary amides is 1. The number of aryl methyl sites for hydroxylation is 4. The van der Waals surface area contributed by atoms with Gasteiger partial charge in [-0.3, -0.25) is 19.6 Å². The second-order valence-electron chi connectivity index (χ2n) is 9.09. The molecule has 0 aliphatic carbocycles. The summed E-state index contributed by atoms with van der Waals surface area (Å²) in [5.74, 6) is -0.655. The van der Waals surface area contributed by atoms with Crippen molar-refractivity contribution in [2.45, 2.75) is 47.6 Å². The number of allylic oxidation sites excluding steroid dienone is 1. The molecule has 0 radical (unpaired) electrons. The maximum Gasteiger partial charge on any atom is 0.253 e. The summed E-state index contributed by atoms with van der Waals surface area (Å²) in [6, 6.07) is 7.79. The number of carbonyl (C=O) groups excluding carboxylic acids is 2. The largest absolute Gasteiger partial charge is 0.366 e. The standard InChI is InChI=1S/C28H32N4O2/c1-16(9-22-12-23-10-17(2)14-30-26(23)24(13-22)27(29)33)8-19(4)28(34)32(7)15-25-18(3)11-20(5)31-21(25)6/h8,10-14H,4,9,15H2,1-3,5-7H3,(H2,29,33)/b16-8+. The number of rotatable bonds is 7. The van der Waals surface area contributed by atoms with Gasteiger partial charge in [-0.15, -0.1) is 0 Å². The molecule has 0 atom stereocenters. The summed E-state index contributed by atoms with van der Waals surface area (Å²) in [6.45, 7) is 14.3. The van der Waals surface area contributed by atoms with Gasteiger partial charge in [0.15, 0.2) is 0 Å². The summed E-state index contributed by atoms with van der Waals surface area (Å²) >= 11 is 0. The summed E-state index contributed by atoms with van der Waals surface area (Å²) in [5, 5.41) is 0.867. The average molecular weight is 457 g/mol. The number of hydrogen-bond acceptors (Lipinski definition) is 4. The average Bonchev–Trinajstić information content (AvgIpc) is 2.74. The maximum absolute atomic E-state index is 13.0. The number of hydrogen-bond donors (Lipinski definition) is 1. The van der Waals surface area contributed by atoms with Crippen LogP contribution in [0.5, 0.6) is 0 Å². The van der Waals surface area contributed by atoms with E-state index in [1.165, 1.54) is 0 Å². The third kappa shape index (κ3) is 5.57. The Kier molecular flexibility index (Phi) is 7.30. The number of nitrogens with zero attached hydrogens (tertiary/aromatic N) is 3. The Hall–Kier alpha value is -3.80. The SMILES string of the molecule is C=C(/C=C(\C)Cc1cc(C(N)=O)c2ncc(C)cc2c1)C(=O)N(C)Cc1c(C)cc(C)nc1C. The number of fused-ring (bicyclic) bond motifs is 1. The van der Waals surface area contributed by atoms with Gasteiger partial charge in [-0.1, -0.05) is 18.2 Å². The van der Waals surface area contributed by atoms with E-state index in [1.54, 1.807) is 30.3 Å². The minimum atomic E-state index is -0.512. The molecule has 0 aliphatic heterocycles. The van der Waals surface area contributed by atoms with Crippen LogP contribution in [0.3, 0.4) is 0 Å². The van der Waals surface area contributed by atoms with E-state index >= 15 is 0 Å². The van der Waals surface area contributed by atoms with Gasteiger partial charge in [0.1, 0.15) is 0 Å². The molecule has 3 aromatic rings. The fourth-order valence-electron chi connectivity index (χ4n) is 4.29. The van der Waals surface area contributed by atoms with Crippen LogP contribution in [0.15, 0.2) is 54.3 Å². The first-order valence-electron chi connectivity index (χ1n) is 11.2. The van der Waals surface area contributed by atoms with Crippen molar-refractivity contribution < 1.29 is 9.59 Å². The molecule has 2 amide bonds. The van der Waals surface area contributed by atoms with Gasteiger partial charge in [0.2, 0.25) is 0 Å². The number of amides is 2. The molecule has 0 unspecified atom stereocenters. The van der Waals surface area contributed by atoms with Crippen molar-refractivity contribution in [2.24, 2.45) is 5.73 Å². The third-order valence-electron chi connectivity index (χ3n) is 5.85. The van der Waals surface area contributed by atoms with Crippen LogP contribution in [0.4, 0.5) is 0 Å². The molecule has 34 heavy (non-hydrogen) atoms. The second-order valence-corrected chi connectivity index (χ2v) is 9.09. The summed E-state index contributed by atoms with van der Waals surface area (Å²) in [6.07, 6.45) is 4.08. The molecule has 1 aromatic carbocycles. The van der Waals surface area contributed by atoms with Crippen LogP contribution in [0.2, 0.25) is 0 Å². The van der Waals surface area contributed by atoms with Crippen LogP contribution in [-0.2, 0) is 17.8 Å². The minimum absolute atomic E-state index is 0.144. The zero-order chi connectivity index (χ0) is 25.2. The lowest BCUT2D eigenvalue weighted by Crippen LogP contribution is -2.27. The highest BCUT2D eigenvalue weighted by Gasteiger charge is 2.16. The van der Waals surface area contributed by atoms with Gasteiger partial charge in [-0.2, -0.15) is 0 Å². The lowest BCUT2D eigenvalue weighted by Gasteiger charge is -2.20. The molecule has 2 N–H and O–H groups in total. The van der Waals surface area contributed by atoms with Crippen molar-refractivity contribution in [3.63, 3.8) is 0 Å². The summed E-state index contributed by atoms with van der Waals surface area (Å²) in [7, 11) is 1.77. The smallest absolute Gasteiger partial charge is 0.253 e. The van der Waals surface area contributed by atoms with E-state index in [-0.39, 0.29) is 5.91 Å². The van der Waals surface area contributed by atoms with E-state index in [4.69, 9.17) is 5.73 Å². The molecule has 2 heterocycles. The van der Waals surface area contributed by atoms with Crippen LogP contribution >= 0.6 is 0 Å². The second kappa shape index (κ2) is 10.00. The quantitative estimate of drug-likeness (QED) is 0.413. The summed E-state index contributed by atoms with van der Waals surface area (Å²) < 4.78 is 0. The van der Waals surface area contributed by atoms with Gasteiger partial charge in [0.05, 0.1) is 11.1 Å². The molecule has 0 aliphatic rings. The molecule has 0 fully saturated rings. The van der Waals surface area contributed by atoms with E-state index in [1.807, 2.05) is 52.8 Å². The molecule has 3 rings (SSSR count). The normalized spacial score (nSPS) is 11.5. The van der Waals surface area contributed by atoms with Crippen LogP contribution < -0.4 is 5.73 Å². The fraction of sp³-hybridized carbons (Fsp3) is 0.286. The minimum Gasteiger partial charge on any atom is -0.366 e. The van der Waals surface area contributed by atoms with Crippen molar-refractivity contribution >= 4 is 22.7 Å². The number of carbonyl (C=O) groups is 2. The Morgan fingerprint density at radius 3 is 2.47 bits per heavy atom. The van der Waals surface area contributed by atoms with Crippen molar-refractivity contribution in [3.8, 4) is 0 Å². The topological polar surface area (TPSA) is 89.2 Å². The number of aromatic nitrogens is 2. The van der Waals surface area contributed by atoms with Gasteiger partial charge in [-0.05, 0) is 87.6 Å². The predicted octanol–water partition coefficient (Wildman–Crippen LogP) is 4.67. The van der Waals surface area contributed by atoms with Crippen LogP contribution in [0.25, 0.3) is 10.9 Å². The molecule has 0 saturated heterocycles. The summed E-state index contributed by atoms with van der Waals surface area (Å²) in [5.41, 5.74) is 13.9. The lowest BCUT2D eigenvalue weighted by molar-refractivity contribution is -0.126. The molecule has 2 aromatic heterocycles. The van der Waals surface area contributed by atoms with E-state index in [2.05, 4.69) is 16.5 Å². The molecule has 0 bridgehead atoms. The number of benzene rings is 1. The Morgan fingerprint density at radius 2 is 1.82 bits per heavy atom. The van der Waals surface area contributed by atoms with Crippen molar-refractivity contribution in [1.82, 2.24) is 14.9 Å². The van der Waals surface area contributed by atoms with Gasteiger partial charge in [-0.25, -0.2) is 0 Å². The predicted molar refractivity (Wildman–Crippen MR) is 137 cm³/mol. The molecule has 0 spiro atoms. The first-order valence-corrected chi connectivity index (χ1v) is 11.2. The van der Waals surface area contributed by atoms with Gasteiger partial charge in [0, 0.05) is 42.1 Å². The van der Waals surface area contributed by atoms with E-state index in [0.29, 0.717) is 29.6 Å². The van der Waals surface area contributed by atoms with Crippen LogP contribution in [-0.4, -0.2) is 33.7 Å². The van der Waals surface area contributed by atoms with E-state index in [0.717, 1.165) is 44.6 Å². The Balaban J connectivity index is 1.78. The molecular weight excluding hydrogens is 424 g/mol. The first kappa shape index (κ1) is 24.8. The molecule has 0 saturated carbocycles. The third-order valence-corrected chi connectivity index (χ3v) is 5.85. The van der Waals surface area contributed by atoms with Crippen LogP contribution in [0.1, 0.15) is 50.9 Å². The van der Waals surface area contributed by atoms with E-state index in [9.17, 15) is 9.59 Å². The first-order chi connectivity index (χ1) is 16.0. The Morgan fingerprint density at radius 1 is 1.12 bits per heavy atom. The Bertz CT molecular complexity index is 1310. The van der Waals surface area contributed by atoms with Crippen molar-refractivity contribution in [2.75, 3.05) is 7.05 Å². The van der Waals surface area contributed by atoms with Crippen molar-refractivity contribution in [1.29, 1.82) is 0 Å². The number of pyridine rings is 2. The molecule has 6 heteroatoms. The highest BCUT2D eigenvalue weighted by Crippen LogP contribution is 2.23. The number of likely N-dealkylation sites (N-methyl/N-ethyl adjacent to an activating group) is 1. The van der Waals surface area contributed by atoms with E-state index < -0.39 is 5.91 Å². The summed E-state index contributed by atoms with van der Waals surface area (Å²) in [4.78, 5) is 35.5. The fourth-order valence-corrected chi connectivity index (χ4v) is 4.29. The Labute approximate surface area is 201 Å². The highest BCUT2D eigenvalue weighted by molar-refractivity contribution is 6.05. The van der Waals surface area contributed by atoms with Gasteiger partial charge < -0.3 is 10.6 Å². The zero-order valence-corrected chi connectivity index (χ0v) is 20.8. The zero-order valence-electron chi connectivity index (χ0n) is 20.8. The molecule has 176 valence electrons. The monoisotopic (exact) mass is 456 g/mol. The molecular formula is C28H32N4O2. The molecule has 6 nitrogen and oxygen atoms in total. The highest BCUT2D eigenvalue weighted by atomic mass is 16.2.